The molecule has 0 bridgehead atoms. The van der Waals surface area contributed by atoms with Crippen LogP contribution in [0.15, 0.2) is 18.3 Å². The lowest BCUT2D eigenvalue weighted by atomic mass is 10.1. The van der Waals surface area contributed by atoms with Crippen molar-refractivity contribution >= 4 is 44.5 Å². The zero-order valence-corrected chi connectivity index (χ0v) is 17.7. The maximum absolute atomic E-state index is 12.2. The maximum Gasteiger partial charge on any atom is 0.311 e. The highest BCUT2D eigenvalue weighted by atomic mass is 127. The number of nitrogens with zero attached hydrogens (tertiary/aromatic N) is 2. The Hall–Kier alpha value is -1.82. The lowest BCUT2D eigenvalue weighted by molar-refractivity contribution is 0.336. The lowest BCUT2D eigenvalue weighted by Gasteiger charge is -2.16. The molecule has 0 aliphatic rings. The van der Waals surface area contributed by atoms with Crippen LogP contribution in [0.3, 0.4) is 0 Å². The van der Waals surface area contributed by atoms with Gasteiger partial charge in [-0.25, -0.2) is 4.98 Å². The van der Waals surface area contributed by atoms with Gasteiger partial charge in [0.25, 0.3) is 0 Å². The molecule has 2 aromatic rings. The van der Waals surface area contributed by atoms with E-state index >= 15 is 0 Å². The Bertz CT molecular complexity index is 903. The predicted octanol–water partition coefficient (Wildman–Crippen LogP) is 2.35. The number of hydrogen-bond acceptors (Lipinski definition) is 8. The van der Waals surface area contributed by atoms with Gasteiger partial charge in [0, 0.05) is 18.2 Å². The van der Waals surface area contributed by atoms with Crippen LogP contribution < -0.4 is 20.4 Å². The molecule has 26 heavy (non-hydrogen) atoms. The van der Waals surface area contributed by atoms with E-state index in [0.717, 1.165) is 5.56 Å². The molecule has 2 rings (SSSR count). The van der Waals surface area contributed by atoms with Gasteiger partial charge < -0.3 is 20.4 Å². The first-order chi connectivity index (χ1) is 12.1. The third-order valence-corrected chi connectivity index (χ3v) is 6.09. The molecule has 0 atom stereocenters. The Morgan fingerprint density at radius 2 is 1.88 bits per heavy atom. The van der Waals surface area contributed by atoms with Crippen LogP contribution >= 0.6 is 22.6 Å². The molecular formula is C16H21IN4O4S. The molecule has 1 aromatic heterocycles. The first kappa shape index (κ1) is 20.5. The Labute approximate surface area is 166 Å². The summed E-state index contributed by atoms with van der Waals surface area (Å²) in [6, 6.07) is 3.47. The molecule has 10 heteroatoms. The normalized spacial score (nSPS) is 11.6. The van der Waals surface area contributed by atoms with Gasteiger partial charge in [-0.2, -0.15) is 13.4 Å². The Morgan fingerprint density at radius 1 is 1.23 bits per heavy atom. The van der Waals surface area contributed by atoms with Crippen molar-refractivity contribution < 1.29 is 17.3 Å². The average molecular weight is 492 g/mol. The summed E-state index contributed by atoms with van der Waals surface area (Å²) in [5.41, 5.74) is 12.8. The Kier molecular flexibility index (Phi) is 6.50. The van der Waals surface area contributed by atoms with Gasteiger partial charge in [0.2, 0.25) is 5.95 Å². The van der Waals surface area contributed by atoms with Gasteiger partial charge in [0.05, 0.1) is 15.4 Å². The average Bonchev–Trinajstić information content (AvgIpc) is 2.54. The van der Waals surface area contributed by atoms with E-state index in [0.29, 0.717) is 27.9 Å². The molecule has 1 aromatic carbocycles. The molecule has 0 spiro atoms. The molecule has 142 valence electrons. The number of nitrogens with two attached hydrogens (primary N) is 2. The lowest BCUT2D eigenvalue weighted by Crippen LogP contribution is -2.20. The molecular weight excluding hydrogens is 471 g/mol. The Balaban J connectivity index is 2.46. The number of anilines is 2. The fourth-order valence-corrected chi connectivity index (χ4v) is 3.36. The van der Waals surface area contributed by atoms with Crippen molar-refractivity contribution in [2.45, 2.75) is 32.4 Å². The van der Waals surface area contributed by atoms with Gasteiger partial charge in [-0.05, 0) is 61.1 Å². The molecule has 0 fully saturated rings. The summed E-state index contributed by atoms with van der Waals surface area (Å²) < 4.78 is 35.8. The van der Waals surface area contributed by atoms with Gasteiger partial charge in [-0.3, -0.25) is 0 Å². The van der Waals surface area contributed by atoms with Crippen LogP contribution in [-0.4, -0.2) is 30.2 Å². The topological polar surface area (TPSA) is 130 Å². The van der Waals surface area contributed by atoms with Crippen LogP contribution in [-0.2, 0) is 16.5 Å². The monoisotopic (exact) mass is 492 g/mol. The van der Waals surface area contributed by atoms with Gasteiger partial charge in [-0.1, -0.05) is 0 Å². The van der Waals surface area contributed by atoms with Crippen LogP contribution in [0.25, 0.3) is 0 Å². The number of rotatable bonds is 7. The van der Waals surface area contributed by atoms with Gasteiger partial charge in [-0.15, -0.1) is 0 Å². The summed E-state index contributed by atoms with van der Waals surface area (Å²) in [5, 5.41) is -0.668. The molecule has 0 radical (unpaired) electrons. The van der Waals surface area contributed by atoms with Crippen LogP contribution in [0.5, 0.6) is 11.5 Å². The second kappa shape index (κ2) is 8.25. The molecule has 8 nitrogen and oxygen atoms in total. The van der Waals surface area contributed by atoms with E-state index in [2.05, 4.69) is 9.97 Å². The first-order valence-electron chi connectivity index (χ1n) is 7.89. The summed E-state index contributed by atoms with van der Waals surface area (Å²) in [6.45, 7) is 5.40. The highest BCUT2D eigenvalue weighted by Gasteiger charge is 2.22. The van der Waals surface area contributed by atoms with Crippen LogP contribution in [0.2, 0.25) is 0 Å². The summed E-state index contributed by atoms with van der Waals surface area (Å²) in [6.07, 6.45) is 1.92. The number of benzene rings is 1. The summed E-state index contributed by atoms with van der Waals surface area (Å²) >= 11 is 2.01. The predicted molar refractivity (Wildman–Crippen MR) is 109 cm³/mol. The van der Waals surface area contributed by atoms with E-state index < -0.39 is 15.4 Å². The van der Waals surface area contributed by atoms with Crippen molar-refractivity contribution in [1.29, 1.82) is 0 Å². The molecule has 0 saturated carbocycles. The third-order valence-electron chi connectivity index (χ3n) is 3.46. The Morgan fingerprint density at radius 3 is 2.46 bits per heavy atom. The minimum Gasteiger partial charge on any atom is -0.493 e. The van der Waals surface area contributed by atoms with Crippen molar-refractivity contribution in [3.63, 3.8) is 0 Å². The van der Waals surface area contributed by atoms with E-state index in [9.17, 15) is 8.42 Å². The third kappa shape index (κ3) is 4.87. The zero-order valence-electron chi connectivity index (χ0n) is 14.7. The highest BCUT2D eigenvalue weighted by molar-refractivity contribution is 14.1. The van der Waals surface area contributed by atoms with Crippen molar-refractivity contribution in [3.8, 4) is 11.5 Å². The van der Waals surface area contributed by atoms with E-state index in [4.69, 9.17) is 20.4 Å². The molecule has 0 saturated heterocycles. The fraction of sp³-hybridized carbons (Fsp3) is 0.375. The quantitative estimate of drug-likeness (QED) is 0.445. The molecule has 0 aliphatic heterocycles. The second-order valence-corrected chi connectivity index (χ2v) is 8.95. The minimum atomic E-state index is -3.74. The van der Waals surface area contributed by atoms with E-state index in [-0.39, 0.29) is 17.5 Å². The van der Waals surface area contributed by atoms with Crippen molar-refractivity contribution in [2.75, 3.05) is 18.1 Å². The summed E-state index contributed by atoms with van der Waals surface area (Å²) in [4.78, 5) is 7.88. The van der Waals surface area contributed by atoms with E-state index in [1.165, 1.54) is 0 Å². The maximum atomic E-state index is 12.2. The van der Waals surface area contributed by atoms with E-state index in [1.54, 1.807) is 26.1 Å². The largest absolute Gasteiger partial charge is 0.493 e. The molecule has 0 unspecified atom stereocenters. The van der Waals surface area contributed by atoms with Crippen LogP contribution in [0, 0.1) is 3.57 Å². The standard InChI is InChI=1S/C16H21IN4O4S/c1-4-24-12-6-10(5-11-8-20-16(19)21-15(11)18)7-13(14(12)17)25-26(22,23)9(2)3/h6-9H,4-5H2,1-3H3,(H4,18,19,20,21). The molecule has 0 aliphatic carbocycles. The highest BCUT2D eigenvalue weighted by Crippen LogP contribution is 2.34. The molecule has 4 N–H and O–H groups in total. The van der Waals surface area contributed by atoms with Crippen LogP contribution in [0.4, 0.5) is 11.8 Å². The van der Waals surface area contributed by atoms with Crippen molar-refractivity contribution in [1.82, 2.24) is 9.97 Å². The fourth-order valence-electron chi connectivity index (χ4n) is 2.06. The number of halogens is 1. The zero-order chi connectivity index (χ0) is 19.5. The number of nitrogen functional groups attached to an aromatic ring is 2. The number of aromatic nitrogens is 2. The van der Waals surface area contributed by atoms with Gasteiger partial charge in [0.15, 0.2) is 5.75 Å². The first-order valence-corrected chi connectivity index (χ1v) is 10.4. The molecule has 1 heterocycles. The SMILES string of the molecule is CCOc1cc(Cc2cnc(N)nc2N)cc(OS(=O)(=O)C(C)C)c1I. The van der Waals surface area contributed by atoms with Crippen molar-refractivity contribution in [3.05, 3.63) is 33.0 Å². The smallest absolute Gasteiger partial charge is 0.311 e. The van der Waals surface area contributed by atoms with Crippen LogP contribution in [0.1, 0.15) is 31.9 Å². The van der Waals surface area contributed by atoms with Crippen molar-refractivity contribution in [2.24, 2.45) is 0 Å². The number of hydrogen-bond donors (Lipinski definition) is 2. The minimum absolute atomic E-state index is 0.0934. The van der Waals surface area contributed by atoms with E-state index in [1.807, 2.05) is 35.6 Å². The van der Waals surface area contributed by atoms with Gasteiger partial charge >= 0.3 is 10.1 Å². The molecule has 0 amide bonds. The van der Waals surface area contributed by atoms with Gasteiger partial charge in [0.1, 0.15) is 11.6 Å². The summed E-state index contributed by atoms with van der Waals surface area (Å²) in [5.74, 6) is 1.12. The second-order valence-electron chi connectivity index (χ2n) is 5.78. The summed E-state index contributed by atoms with van der Waals surface area (Å²) in [7, 11) is -3.74. The number of ether oxygens (including phenoxy) is 1.